The molecule has 0 bridgehead atoms. The van der Waals surface area contributed by atoms with Crippen molar-refractivity contribution in [2.75, 3.05) is 0 Å². The summed E-state index contributed by atoms with van der Waals surface area (Å²) in [5, 5.41) is 27.6. The molecule has 0 aliphatic carbocycles. The minimum atomic E-state index is -0.788. The van der Waals surface area contributed by atoms with Crippen molar-refractivity contribution < 1.29 is 19.7 Å². The number of halogens is 2. The molecule has 3 nitrogen and oxygen atoms in total. The smallest absolute Gasteiger partial charge is 0.163 e. The second kappa shape index (κ2) is 4.14. The highest BCUT2D eigenvalue weighted by atomic mass is 79.9. The molecule has 1 aromatic rings. The van der Waals surface area contributed by atoms with Gasteiger partial charge in [0.1, 0.15) is 5.82 Å². The molecule has 0 aliphatic heterocycles. The van der Waals surface area contributed by atoms with Crippen LogP contribution in [0, 0.1) is 5.82 Å². The first-order valence-corrected chi connectivity index (χ1v) is 4.79. The first kappa shape index (κ1) is 11.3. The Morgan fingerprint density at radius 1 is 1.50 bits per heavy atom. The summed E-state index contributed by atoms with van der Waals surface area (Å²) in [7, 11) is 0. The van der Waals surface area contributed by atoms with Gasteiger partial charge in [-0.15, -0.1) is 0 Å². The summed E-state index contributed by atoms with van der Waals surface area (Å²) in [6.45, 7) is 1.47. The van der Waals surface area contributed by atoms with Crippen molar-refractivity contribution in [2.45, 2.75) is 19.4 Å². The number of phenols is 2. The molecule has 0 radical (unpaired) electrons. The van der Waals surface area contributed by atoms with Gasteiger partial charge < -0.3 is 15.3 Å². The molecule has 0 amide bonds. The molecule has 3 N–H and O–H groups in total. The molecule has 1 aromatic carbocycles. The van der Waals surface area contributed by atoms with Crippen LogP contribution in [-0.2, 0) is 6.42 Å². The highest BCUT2D eigenvalue weighted by Crippen LogP contribution is 2.36. The minimum absolute atomic E-state index is 0.0509. The Hall–Kier alpha value is -0.810. The predicted octanol–water partition coefficient (Wildman–Crippen LogP) is 1.92. The van der Waals surface area contributed by atoms with Gasteiger partial charge in [0.05, 0.1) is 10.6 Å². The van der Waals surface area contributed by atoms with Crippen LogP contribution in [0.3, 0.4) is 0 Å². The van der Waals surface area contributed by atoms with Gasteiger partial charge in [-0.3, -0.25) is 0 Å². The van der Waals surface area contributed by atoms with Crippen LogP contribution in [0.4, 0.5) is 4.39 Å². The molecule has 0 aliphatic rings. The zero-order valence-corrected chi connectivity index (χ0v) is 9.05. The van der Waals surface area contributed by atoms with Gasteiger partial charge in [-0.2, -0.15) is 0 Å². The molecule has 0 aromatic heterocycles. The normalized spacial score (nSPS) is 12.9. The minimum Gasteiger partial charge on any atom is -0.504 e. The molecule has 78 valence electrons. The lowest BCUT2D eigenvalue weighted by Crippen LogP contribution is -2.06. The molecule has 5 heteroatoms. The first-order valence-electron chi connectivity index (χ1n) is 4.00. The second-order valence-electron chi connectivity index (χ2n) is 3.07. The lowest BCUT2D eigenvalue weighted by molar-refractivity contribution is 0.192. The van der Waals surface area contributed by atoms with E-state index in [-0.39, 0.29) is 16.5 Å². The molecule has 0 fully saturated rings. The highest BCUT2D eigenvalue weighted by Gasteiger charge is 2.17. The molecule has 0 saturated carbocycles. The van der Waals surface area contributed by atoms with Crippen LogP contribution >= 0.6 is 15.9 Å². The standard InChI is InChI=1S/C9H10BrFO3/c1-4(12)2-5-8(11)6(10)3-7(13)9(5)14/h3-4,12-14H,2H2,1H3. The first-order chi connectivity index (χ1) is 6.43. The number of aromatic hydroxyl groups is 2. The van der Waals surface area contributed by atoms with Crippen molar-refractivity contribution >= 4 is 15.9 Å². The summed E-state index contributed by atoms with van der Waals surface area (Å²) in [4.78, 5) is 0. The van der Waals surface area contributed by atoms with E-state index in [1.807, 2.05) is 0 Å². The molecule has 0 heterocycles. The SMILES string of the molecule is CC(O)Cc1c(O)c(O)cc(Br)c1F. The van der Waals surface area contributed by atoms with Crippen molar-refractivity contribution in [3.63, 3.8) is 0 Å². The summed E-state index contributed by atoms with van der Waals surface area (Å²) >= 11 is 2.89. The lowest BCUT2D eigenvalue weighted by Gasteiger charge is -2.10. The lowest BCUT2D eigenvalue weighted by atomic mass is 10.1. The fourth-order valence-corrected chi connectivity index (χ4v) is 1.59. The van der Waals surface area contributed by atoms with Crippen molar-refractivity contribution in [3.8, 4) is 11.5 Å². The van der Waals surface area contributed by atoms with Crippen LogP contribution in [-0.4, -0.2) is 21.4 Å². The summed E-state index contributed by atoms with van der Waals surface area (Å²) in [5.74, 6) is -1.60. The number of phenolic OH excluding ortho intramolecular Hbond substituents is 2. The number of hydrogen-bond acceptors (Lipinski definition) is 3. The summed E-state index contributed by atoms with van der Waals surface area (Å²) in [6, 6.07) is 1.07. The van der Waals surface area contributed by atoms with Gasteiger partial charge in [0, 0.05) is 18.1 Å². The van der Waals surface area contributed by atoms with Crippen molar-refractivity contribution in [1.82, 2.24) is 0 Å². The Balaban J connectivity index is 3.25. The maximum absolute atomic E-state index is 13.4. The van der Waals surface area contributed by atoms with E-state index in [0.717, 1.165) is 6.07 Å². The molecule has 0 saturated heterocycles. The van der Waals surface area contributed by atoms with E-state index in [1.54, 1.807) is 0 Å². The van der Waals surface area contributed by atoms with E-state index >= 15 is 0 Å². The van der Waals surface area contributed by atoms with E-state index in [2.05, 4.69) is 15.9 Å². The van der Waals surface area contributed by atoms with Crippen LogP contribution in [0.2, 0.25) is 0 Å². The van der Waals surface area contributed by atoms with E-state index in [4.69, 9.17) is 5.11 Å². The van der Waals surface area contributed by atoms with Crippen molar-refractivity contribution in [3.05, 3.63) is 21.9 Å². The summed E-state index contributed by atoms with van der Waals surface area (Å²) in [5.41, 5.74) is -0.0909. The van der Waals surface area contributed by atoms with Crippen LogP contribution in [0.15, 0.2) is 10.5 Å². The third-order valence-electron chi connectivity index (χ3n) is 1.77. The molecule has 1 rings (SSSR count). The van der Waals surface area contributed by atoms with Gasteiger partial charge in [-0.1, -0.05) is 0 Å². The van der Waals surface area contributed by atoms with Gasteiger partial charge in [-0.05, 0) is 22.9 Å². The van der Waals surface area contributed by atoms with Gasteiger partial charge in [0.15, 0.2) is 11.5 Å². The Morgan fingerprint density at radius 3 is 2.57 bits per heavy atom. The zero-order valence-electron chi connectivity index (χ0n) is 7.46. The number of aliphatic hydroxyl groups is 1. The molecule has 1 unspecified atom stereocenters. The van der Waals surface area contributed by atoms with Gasteiger partial charge >= 0.3 is 0 Å². The maximum atomic E-state index is 13.4. The Kier molecular flexibility index (Phi) is 3.34. The number of benzene rings is 1. The van der Waals surface area contributed by atoms with Crippen LogP contribution in [0.25, 0.3) is 0 Å². The summed E-state index contributed by atoms with van der Waals surface area (Å²) in [6.07, 6.45) is -0.839. The fraction of sp³-hybridized carbons (Fsp3) is 0.333. The quantitative estimate of drug-likeness (QED) is 0.716. The third kappa shape index (κ3) is 2.16. The maximum Gasteiger partial charge on any atom is 0.163 e. The predicted molar refractivity (Wildman–Crippen MR) is 52.8 cm³/mol. The van der Waals surface area contributed by atoms with Crippen LogP contribution in [0.1, 0.15) is 12.5 Å². The average Bonchev–Trinajstić information content (AvgIpc) is 2.09. The third-order valence-corrected chi connectivity index (χ3v) is 2.34. The summed E-state index contributed by atoms with van der Waals surface area (Å²) < 4.78 is 13.4. The molecular formula is C9H10BrFO3. The van der Waals surface area contributed by atoms with Gasteiger partial charge in [0.25, 0.3) is 0 Å². The van der Waals surface area contributed by atoms with Gasteiger partial charge in [-0.25, -0.2) is 4.39 Å². The Labute approximate surface area is 88.9 Å². The fourth-order valence-electron chi connectivity index (χ4n) is 1.14. The zero-order chi connectivity index (χ0) is 10.9. The van der Waals surface area contributed by atoms with E-state index in [9.17, 15) is 14.6 Å². The average molecular weight is 265 g/mol. The van der Waals surface area contributed by atoms with Crippen molar-refractivity contribution in [2.24, 2.45) is 0 Å². The van der Waals surface area contributed by atoms with Crippen LogP contribution in [0.5, 0.6) is 11.5 Å². The van der Waals surface area contributed by atoms with E-state index < -0.39 is 23.4 Å². The molecule has 0 spiro atoms. The van der Waals surface area contributed by atoms with Crippen LogP contribution < -0.4 is 0 Å². The number of rotatable bonds is 2. The van der Waals surface area contributed by atoms with Crippen molar-refractivity contribution in [1.29, 1.82) is 0 Å². The Morgan fingerprint density at radius 2 is 2.07 bits per heavy atom. The highest BCUT2D eigenvalue weighted by molar-refractivity contribution is 9.10. The molecule has 1 atom stereocenters. The molecule has 14 heavy (non-hydrogen) atoms. The van der Waals surface area contributed by atoms with E-state index in [1.165, 1.54) is 6.92 Å². The number of aliphatic hydroxyl groups excluding tert-OH is 1. The Bertz CT molecular complexity index is 326. The topological polar surface area (TPSA) is 60.7 Å². The number of hydrogen-bond donors (Lipinski definition) is 3. The largest absolute Gasteiger partial charge is 0.504 e. The molecular weight excluding hydrogens is 255 g/mol. The van der Waals surface area contributed by atoms with Gasteiger partial charge in [0.2, 0.25) is 0 Å². The second-order valence-corrected chi connectivity index (χ2v) is 3.93. The van der Waals surface area contributed by atoms with E-state index in [0.29, 0.717) is 0 Å². The monoisotopic (exact) mass is 264 g/mol.